The molecule has 0 atom stereocenters. The average Bonchev–Trinajstić information content (AvgIpc) is 2.77. The Kier molecular flexibility index (Phi) is 8.75. The first kappa shape index (κ1) is 23.6. The third-order valence-corrected chi connectivity index (χ3v) is 6.36. The van der Waals surface area contributed by atoms with Crippen molar-refractivity contribution >= 4 is 39.4 Å². The standard InChI is InChI=1S/C23H28BrClN4O2/c1-31-21-8-6-17(24)13-16(21)5-7-18-19(3-2-4-20(18)25)22(30)29-23(26)28-14-15-9-11-27-12-10-15/h2-4,6,8,13,15,27H,5,7,9-12,14H2,1H3,(H3,26,28,29,30). The number of hydrogen-bond donors (Lipinski definition) is 4. The Morgan fingerprint density at radius 1 is 1.26 bits per heavy atom. The number of rotatable bonds is 7. The zero-order valence-corrected chi connectivity index (χ0v) is 19.9. The van der Waals surface area contributed by atoms with Crippen LogP contribution in [0.4, 0.5) is 0 Å². The summed E-state index contributed by atoms with van der Waals surface area (Å²) in [7, 11) is 1.64. The highest BCUT2D eigenvalue weighted by Gasteiger charge is 2.18. The molecule has 2 aromatic rings. The number of benzene rings is 2. The normalized spacial score (nSPS) is 14.2. The minimum atomic E-state index is -0.332. The molecule has 8 heteroatoms. The van der Waals surface area contributed by atoms with Crippen molar-refractivity contribution in [2.75, 3.05) is 26.7 Å². The first-order valence-corrected chi connectivity index (χ1v) is 11.6. The number of halogens is 2. The molecule has 1 aliphatic rings. The van der Waals surface area contributed by atoms with Gasteiger partial charge in [0.15, 0.2) is 5.96 Å². The van der Waals surface area contributed by atoms with Gasteiger partial charge in [-0.3, -0.25) is 15.5 Å². The maximum absolute atomic E-state index is 12.9. The summed E-state index contributed by atoms with van der Waals surface area (Å²) in [5.74, 6) is 0.996. The number of nitrogens with one attached hydrogen (secondary N) is 4. The highest BCUT2D eigenvalue weighted by atomic mass is 79.9. The van der Waals surface area contributed by atoms with Gasteiger partial charge in [0.25, 0.3) is 5.91 Å². The van der Waals surface area contributed by atoms with Gasteiger partial charge in [-0.05, 0) is 86.1 Å². The number of carbonyl (C=O) groups is 1. The van der Waals surface area contributed by atoms with E-state index in [2.05, 4.69) is 31.9 Å². The van der Waals surface area contributed by atoms with E-state index in [1.54, 1.807) is 25.3 Å². The van der Waals surface area contributed by atoms with Crippen LogP contribution >= 0.6 is 27.5 Å². The second-order valence-corrected chi connectivity index (χ2v) is 8.95. The number of ether oxygens (including phenoxy) is 1. The summed E-state index contributed by atoms with van der Waals surface area (Å²) in [4.78, 5) is 12.9. The zero-order valence-electron chi connectivity index (χ0n) is 17.6. The van der Waals surface area contributed by atoms with Crippen molar-refractivity contribution in [1.82, 2.24) is 16.0 Å². The van der Waals surface area contributed by atoms with Gasteiger partial charge in [-0.2, -0.15) is 0 Å². The topological polar surface area (TPSA) is 86.2 Å². The molecule has 0 saturated carbocycles. The van der Waals surface area contributed by atoms with E-state index in [9.17, 15) is 4.79 Å². The molecule has 1 heterocycles. The fourth-order valence-electron chi connectivity index (χ4n) is 3.78. The van der Waals surface area contributed by atoms with Crippen LogP contribution in [0.5, 0.6) is 5.75 Å². The van der Waals surface area contributed by atoms with Crippen molar-refractivity contribution in [1.29, 1.82) is 5.41 Å². The quantitative estimate of drug-likeness (QED) is 0.335. The highest BCUT2D eigenvalue weighted by molar-refractivity contribution is 9.10. The van der Waals surface area contributed by atoms with E-state index in [1.807, 2.05) is 18.2 Å². The zero-order chi connectivity index (χ0) is 22.2. The minimum absolute atomic E-state index is 0.0168. The molecule has 0 aromatic heterocycles. The number of amides is 1. The molecule has 0 radical (unpaired) electrons. The molecule has 0 spiro atoms. The maximum Gasteiger partial charge on any atom is 0.258 e. The van der Waals surface area contributed by atoms with E-state index in [1.165, 1.54) is 0 Å². The number of piperidine rings is 1. The van der Waals surface area contributed by atoms with Gasteiger partial charge in [0.05, 0.1) is 7.11 Å². The van der Waals surface area contributed by atoms with Crippen LogP contribution < -0.4 is 20.7 Å². The Balaban J connectivity index is 1.65. The molecule has 3 rings (SSSR count). The summed E-state index contributed by atoms with van der Waals surface area (Å²) in [5, 5.41) is 17.7. The number of carbonyl (C=O) groups excluding carboxylic acids is 1. The van der Waals surface area contributed by atoms with E-state index in [-0.39, 0.29) is 11.9 Å². The molecule has 1 amide bonds. The second-order valence-electron chi connectivity index (χ2n) is 7.63. The van der Waals surface area contributed by atoms with Crippen molar-refractivity contribution < 1.29 is 9.53 Å². The number of hydrogen-bond acceptors (Lipinski definition) is 4. The van der Waals surface area contributed by atoms with E-state index < -0.39 is 0 Å². The van der Waals surface area contributed by atoms with Crippen LogP contribution in [0.15, 0.2) is 40.9 Å². The maximum atomic E-state index is 12.9. The first-order chi connectivity index (χ1) is 15.0. The number of methoxy groups -OCH3 is 1. The Hall–Kier alpha value is -2.09. The molecule has 0 aliphatic carbocycles. The van der Waals surface area contributed by atoms with Crippen molar-refractivity contribution in [3.8, 4) is 5.75 Å². The van der Waals surface area contributed by atoms with E-state index in [4.69, 9.17) is 21.7 Å². The Labute approximate surface area is 196 Å². The van der Waals surface area contributed by atoms with Gasteiger partial charge in [-0.1, -0.05) is 33.6 Å². The van der Waals surface area contributed by atoms with Crippen LogP contribution in [0.2, 0.25) is 5.02 Å². The lowest BCUT2D eigenvalue weighted by Crippen LogP contribution is -2.43. The van der Waals surface area contributed by atoms with Crippen LogP contribution in [0.25, 0.3) is 0 Å². The Morgan fingerprint density at radius 2 is 2.03 bits per heavy atom. The molecule has 31 heavy (non-hydrogen) atoms. The van der Waals surface area contributed by atoms with Crippen LogP contribution in [0.3, 0.4) is 0 Å². The van der Waals surface area contributed by atoms with Gasteiger partial charge in [0.2, 0.25) is 0 Å². The largest absolute Gasteiger partial charge is 0.496 e. The van der Waals surface area contributed by atoms with E-state index >= 15 is 0 Å². The van der Waals surface area contributed by atoms with Gasteiger partial charge < -0.3 is 15.4 Å². The fraction of sp³-hybridized carbons (Fsp3) is 0.391. The van der Waals surface area contributed by atoms with Crippen molar-refractivity contribution in [2.24, 2.45) is 5.92 Å². The molecule has 1 fully saturated rings. The monoisotopic (exact) mass is 506 g/mol. The molecule has 0 bridgehead atoms. The molecule has 166 valence electrons. The minimum Gasteiger partial charge on any atom is -0.496 e. The highest BCUT2D eigenvalue weighted by Crippen LogP contribution is 2.27. The lowest BCUT2D eigenvalue weighted by atomic mass is 9.98. The van der Waals surface area contributed by atoms with Gasteiger partial charge in [0.1, 0.15) is 5.75 Å². The van der Waals surface area contributed by atoms with Crippen molar-refractivity contribution in [3.05, 3.63) is 62.6 Å². The van der Waals surface area contributed by atoms with E-state index in [0.29, 0.717) is 35.9 Å². The van der Waals surface area contributed by atoms with Crippen molar-refractivity contribution in [2.45, 2.75) is 25.7 Å². The summed E-state index contributed by atoms with van der Waals surface area (Å²) >= 11 is 9.94. The summed E-state index contributed by atoms with van der Waals surface area (Å²) in [6.45, 7) is 2.69. The third-order valence-electron chi connectivity index (χ3n) is 5.52. The molecule has 0 unspecified atom stereocenters. The van der Waals surface area contributed by atoms with Gasteiger partial charge in [0, 0.05) is 21.6 Å². The molecule has 1 saturated heterocycles. The number of guanidine groups is 1. The van der Waals surface area contributed by atoms with E-state index in [0.717, 1.165) is 47.3 Å². The van der Waals surface area contributed by atoms with Crippen LogP contribution in [0.1, 0.15) is 34.3 Å². The number of aryl methyl sites for hydroxylation is 1. The Morgan fingerprint density at radius 3 is 2.77 bits per heavy atom. The Bertz CT molecular complexity index is 932. The van der Waals surface area contributed by atoms with Crippen LogP contribution in [0, 0.1) is 11.3 Å². The lowest BCUT2D eigenvalue weighted by Gasteiger charge is -2.23. The predicted octanol–water partition coefficient (Wildman–Crippen LogP) is 4.15. The van der Waals surface area contributed by atoms with Crippen LogP contribution in [-0.2, 0) is 12.8 Å². The lowest BCUT2D eigenvalue weighted by molar-refractivity contribution is 0.0974. The smallest absolute Gasteiger partial charge is 0.258 e. The molecule has 1 aliphatic heterocycles. The van der Waals surface area contributed by atoms with Gasteiger partial charge in [-0.15, -0.1) is 0 Å². The summed E-state index contributed by atoms with van der Waals surface area (Å²) in [6, 6.07) is 11.1. The average molecular weight is 508 g/mol. The second kappa shape index (κ2) is 11.5. The molecule has 2 aromatic carbocycles. The fourth-order valence-corrected chi connectivity index (χ4v) is 4.46. The van der Waals surface area contributed by atoms with Crippen LogP contribution in [-0.4, -0.2) is 38.6 Å². The summed E-state index contributed by atoms with van der Waals surface area (Å²) in [6.07, 6.45) is 3.39. The SMILES string of the molecule is COc1ccc(Br)cc1CCc1c(Cl)cccc1C(=O)NC(=N)NCC1CCNCC1. The molecule has 4 N–H and O–H groups in total. The summed E-state index contributed by atoms with van der Waals surface area (Å²) in [5.41, 5.74) is 2.27. The van der Waals surface area contributed by atoms with Gasteiger partial charge >= 0.3 is 0 Å². The van der Waals surface area contributed by atoms with Crippen molar-refractivity contribution in [3.63, 3.8) is 0 Å². The first-order valence-electron chi connectivity index (χ1n) is 10.4. The predicted molar refractivity (Wildman–Crippen MR) is 128 cm³/mol. The third kappa shape index (κ3) is 6.69. The van der Waals surface area contributed by atoms with Gasteiger partial charge in [-0.25, -0.2) is 0 Å². The molecule has 6 nitrogen and oxygen atoms in total. The molecular formula is C23H28BrClN4O2. The molecular weight excluding hydrogens is 480 g/mol. The summed E-state index contributed by atoms with van der Waals surface area (Å²) < 4.78 is 6.42.